The number of nitrogens with zero attached hydrogens (tertiary/aromatic N) is 2. The van der Waals surface area contributed by atoms with Gasteiger partial charge in [-0.1, -0.05) is 13.0 Å². The Kier molecular flexibility index (Phi) is 4.19. The van der Waals surface area contributed by atoms with E-state index in [9.17, 15) is 4.39 Å². The number of nitrogens with two attached hydrogens (primary N) is 1. The van der Waals surface area contributed by atoms with E-state index in [1.54, 1.807) is 6.07 Å². The number of anilines is 1. The van der Waals surface area contributed by atoms with Crippen LogP contribution in [0.2, 0.25) is 0 Å². The van der Waals surface area contributed by atoms with Crippen LogP contribution in [0.4, 0.5) is 10.1 Å². The third-order valence-electron chi connectivity index (χ3n) is 3.84. The molecule has 18 heavy (non-hydrogen) atoms. The summed E-state index contributed by atoms with van der Waals surface area (Å²) in [7, 11) is 2.14. The molecule has 1 saturated heterocycles. The van der Waals surface area contributed by atoms with E-state index in [2.05, 4.69) is 23.8 Å². The molecule has 0 amide bonds. The second-order valence-electron chi connectivity index (χ2n) is 4.98. The average molecular weight is 251 g/mol. The highest BCUT2D eigenvalue weighted by molar-refractivity contribution is 5.49. The second-order valence-corrected chi connectivity index (χ2v) is 4.98. The van der Waals surface area contributed by atoms with Crippen LogP contribution < -0.4 is 10.6 Å². The van der Waals surface area contributed by atoms with Crippen molar-refractivity contribution in [3.05, 3.63) is 29.6 Å². The molecule has 0 radical (unpaired) electrons. The molecule has 1 aromatic rings. The topological polar surface area (TPSA) is 32.5 Å². The van der Waals surface area contributed by atoms with Gasteiger partial charge in [0, 0.05) is 32.2 Å². The maximum absolute atomic E-state index is 14.0. The summed E-state index contributed by atoms with van der Waals surface area (Å²) in [5.74, 6) is -0.155. The van der Waals surface area contributed by atoms with Gasteiger partial charge in [0.15, 0.2) is 0 Å². The molecule has 1 atom stereocenters. The first-order valence-electron chi connectivity index (χ1n) is 6.59. The highest BCUT2D eigenvalue weighted by atomic mass is 19.1. The minimum Gasteiger partial charge on any atom is -0.366 e. The summed E-state index contributed by atoms with van der Waals surface area (Å²) in [5.41, 5.74) is 7.07. The van der Waals surface area contributed by atoms with Crippen molar-refractivity contribution in [1.29, 1.82) is 0 Å². The van der Waals surface area contributed by atoms with Crippen molar-refractivity contribution in [1.82, 2.24) is 4.90 Å². The van der Waals surface area contributed by atoms with E-state index in [-0.39, 0.29) is 5.82 Å². The van der Waals surface area contributed by atoms with Crippen molar-refractivity contribution in [3.8, 4) is 0 Å². The molecule has 1 aliphatic rings. The molecule has 0 aliphatic carbocycles. The van der Waals surface area contributed by atoms with Crippen molar-refractivity contribution in [2.45, 2.75) is 25.9 Å². The molecule has 0 aromatic heterocycles. The van der Waals surface area contributed by atoms with Crippen LogP contribution in [-0.2, 0) is 6.54 Å². The van der Waals surface area contributed by atoms with E-state index in [4.69, 9.17) is 5.73 Å². The number of piperazine rings is 1. The van der Waals surface area contributed by atoms with E-state index < -0.39 is 0 Å². The van der Waals surface area contributed by atoms with Gasteiger partial charge in [0.1, 0.15) is 5.82 Å². The van der Waals surface area contributed by atoms with Gasteiger partial charge in [-0.3, -0.25) is 4.90 Å². The Morgan fingerprint density at radius 1 is 1.39 bits per heavy atom. The van der Waals surface area contributed by atoms with Crippen LogP contribution >= 0.6 is 0 Å². The summed E-state index contributed by atoms with van der Waals surface area (Å²) in [6, 6.07) is 5.83. The minimum atomic E-state index is -0.155. The number of hydrogen-bond donors (Lipinski definition) is 1. The van der Waals surface area contributed by atoms with Gasteiger partial charge in [-0.15, -0.1) is 0 Å². The van der Waals surface area contributed by atoms with Gasteiger partial charge in [-0.2, -0.15) is 0 Å². The third-order valence-corrected chi connectivity index (χ3v) is 3.84. The molecule has 0 bridgehead atoms. The molecule has 1 heterocycles. The summed E-state index contributed by atoms with van der Waals surface area (Å²) in [5, 5.41) is 0. The van der Waals surface area contributed by atoms with E-state index in [1.807, 2.05) is 12.1 Å². The molecule has 1 aromatic carbocycles. The zero-order valence-corrected chi connectivity index (χ0v) is 11.2. The summed E-state index contributed by atoms with van der Waals surface area (Å²) in [6.07, 6.45) is 1.09. The van der Waals surface area contributed by atoms with Crippen molar-refractivity contribution in [3.63, 3.8) is 0 Å². The van der Waals surface area contributed by atoms with Crippen LogP contribution in [-0.4, -0.2) is 37.6 Å². The molecule has 100 valence electrons. The van der Waals surface area contributed by atoms with Crippen molar-refractivity contribution in [2.75, 3.05) is 31.6 Å². The molecule has 0 saturated carbocycles. The van der Waals surface area contributed by atoms with Gasteiger partial charge in [-0.25, -0.2) is 4.39 Å². The SMILES string of the molecule is CCC1CN(c2ccc(CN)cc2F)CCN1C. The number of benzene rings is 1. The van der Waals surface area contributed by atoms with Crippen LogP contribution in [0, 0.1) is 5.82 Å². The van der Waals surface area contributed by atoms with Gasteiger partial charge in [0.2, 0.25) is 0 Å². The Morgan fingerprint density at radius 3 is 2.78 bits per heavy atom. The lowest BCUT2D eigenvalue weighted by Crippen LogP contribution is -2.51. The summed E-state index contributed by atoms with van der Waals surface area (Å²) in [6.45, 7) is 5.32. The molecule has 1 unspecified atom stereocenters. The van der Waals surface area contributed by atoms with E-state index in [0.29, 0.717) is 18.3 Å². The first-order valence-corrected chi connectivity index (χ1v) is 6.59. The lowest BCUT2D eigenvalue weighted by Gasteiger charge is -2.40. The third kappa shape index (κ3) is 2.65. The summed E-state index contributed by atoms with van der Waals surface area (Å²) >= 11 is 0. The Balaban J connectivity index is 2.16. The van der Waals surface area contributed by atoms with E-state index in [0.717, 1.165) is 31.6 Å². The van der Waals surface area contributed by atoms with E-state index >= 15 is 0 Å². The average Bonchev–Trinajstić information content (AvgIpc) is 2.39. The van der Waals surface area contributed by atoms with Crippen molar-refractivity contribution in [2.24, 2.45) is 5.73 Å². The van der Waals surface area contributed by atoms with Crippen LogP contribution in [0.1, 0.15) is 18.9 Å². The van der Waals surface area contributed by atoms with Crippen LogP contribution in [0.25, 0.3) is 0 Å². The summed E-state index contributed by atoms with van der Waals surface area (Å²) < 4.78 is 14.0. The lowest BCUT2D eigenvalue weighted by atomic mass is 10.1. The maximum Gasteiger partial charge on any atom is 0.146 e. The fourth-order valence-electron chi connectivity index (χ4n) is 2.54. The molecular formula is C14H22FN3. The standard InChI is InChI=1S/C14H22FN3/c1-3-12-10-18(7-6-17(12)2)14-5-4-11(9-16)8-13(14)15/h4-5,8,12H,3,6-7,9-10,16H2,1-2H3. The highest BCUT2D eigenvalue weighted by Gasteiger charge is 2.24. The normalized spacial score (nSPS) is 21.3. The van der Waals surface area contributed by atoms with Crippen LogP contribution in [0.5, 0.6) is 0 Å². The first kappa shape index (κ1) is 13.3. The molecule has 0 spiro atoms. The van der Waals surface area contributed by atoms with Gasteiger partial charge < -0.3 is 10.6 Å². The Morgan fingerprint density at radius 2 is 2.17 bits per heavy atom. The number of rotatable bonds is 3. The number of halogens is 1. The van der Waals surface area contributed by atoms with E-state index in [1.165, 1.54) is 0 Å². The van der Waals surface area contributed by atoms with Crippen LogP contribution in [0.3, 0.4) is 0 Å². The zero-order valence-electron chi connectivity index (χ0n) is 11.2. The summed E-state index contributed by atoms with van der Waals surface area (Å²) in [4.78, 5) is 4.49. The number of likely N-dealkylation sites (N-methyl/N-ethyl adjacent to an activating group) is 1. The Bertz CT molecular complexity index is 408. The van der Waals surface area contributed by atoms with Gasteiger partial charge >= 0.3 is 0 Å². The van der Waals surface area contributed by atoms with Crippen LogP contribution in [0.15, 0.2) is 18.2 Å². The molecule has 4 heteroatoms. The van der Waals surface area contributed by atoms with Gasteiger partial charge in [0.25, 0.3) is 0 Å². The second kappa shape index (κ2) is 5.67. The fraction of sp³-hybridized carbons (Fsp3) is 0.571. The molecule has 3 nitrogen and oxygen atoms in total. The van der Waals surface area contributed by atoms with Crippen molar-refractivity contribution < 1.29 is 4.39 Å². The Hall–Kier alpha value is -1.13. The largest absolute Gasteiger partial charge is 0.366 e. The quantitative estimate of drug-likeness (QED) is 0.889. The zero-order chi connectivity index (χ0) is 13.1. The molecule has 1 fully saturated rings. The predicted octanol–water partition coefficient (Wildman–Crippen LogP) is 1.81. The predicted molar refractivity (Wildman–Crippen MR) is 73.2 cm³/mol. The molecular weight excluding hydrogens is 229 g/mol. The van der Waals surface area contributed by atoms with Crippen molar-refractivity contribution >= 4 is 5.69 Å². The molecule has 2 rings (SSSR count). The monoisotopic (exact) mass is 251 g/mol. The molecule has 2 N–H and O–H groups in total. The fourth-order valence-corrected chi connectivity index (χ4v) is 2.54. The Labute approximate surface area is 108 Å². The smallest absolute Gasteiger partial charge is 0.146 e. The maximum atomic E-state index is 14.0. The number of hydrogen-bond acceptors (Lipinski definition) is 3. The lowest BCUT2D eigenvalue weighted by molar-refractivity contribution is 0.213. The highest BCUT2D eigenvalue weighted by Crippen LogP contribution is 2.23. The van der Waals surface area contributed by atoms with Gasteiger partial charge in [-0.05, 0) is 31.2 Å². The first-order chi connectivity index (χ1) is 8.65. The minimum absolute atomic E-state index is 0.155. The van der Waals surface area contributed by atoms with Gasteiger partial charge in [0.05, 0.1) is 5.69 Å². The molecule has 1 aliphatic heterocycles.